The predicted octanol–water partition coefficient (Wildman–Crippen LogP) is 4.71. The van der Waals surface area contributed by atoms with Crippen molar-refractivity contribution in [2.24, 2.45) is 5.92 Å². The van der Waals surface area contributed by atoms with Gasteiger partial charge in [0.2, 0.25) is 0 Å². The third-order valence-corrected chi connectivity index (χ3v) is 5.95. The van der Waals surface area contributed by atoms with E-state index in [0.29, 0.717) is 10.0 Å². The first-order valence-corrected chi connectivity index (χ1v) is 8.15. The molecule has 1 N–H and O–H groups in total. The summed E-state index contributed by atoms with van der Waals surface area (Å²) in [7, 11) is 2.12. The smallest absolute Gasteiger partial charge is 0.0706 e. The van der Waals surface area contributed by atoms with E-state index in [1.807, 2.05) is 12.1 Å². The molecule has 0 spiro atoms. The molecule has 1 aliphatic carbocycles. The van der Waals surface area contributed by atoms with E-state index in [1.54, 1.807) is 0 Å². The lowest BCUT2D eigenvalue weighted by molar-refractivity contribution is -0.118. The minimum atomic E-state index is -0.527. The van der Waals surface area contributed by atoms with Crippen LogP contribution in [0.15, 0.2) is 18.2 Å². The summed E-state index contributed by atoms with van der Waals surface area (Å²) in [5.41, 5.74) is 0.535. The molecule has 0 aromatic heterocycles. The summed E-state index contributed by atoms with van der Waals surface area (Å²) in [5, 5.41) is 12.2. The summed E-state index contributed by atoms with van der Waals surface area (Å²) in [4.78, 5) is 2.32. The molecular formula is C16H22Cl3NO. The summed E-state index contributed by atoms with van der Waals surface area (Å²) in [6.07, 6.45) is 5.17. The van der Waals surface area contributed by atoms with E-state index in [-0.39, 0.29) is 24.4 Å². The number of rotatable bonds is 1. The van der Waals surface area contributed by atoms with Crippen molar-refractivity contribution in [1.82, 2.24) is 4.90 Å². The molecular weight excluding hydrogens is 329 g/mol. The van der Waals surface area contributed by atoms with Gasteiger partial charge in [-0.15, -0.1) is 12.4 Å². The molecule has 2 fully saturated rings. The van der Waals surface area contributed by atoms with E-state index in [4.69, 9.17) is 23.2 Å². The lowest BCUT2D eigenvalue weighted by Crippen LogP contribution is -2.53. The van der Waals surface area contributed by atoms with Crippen molar-refractivity contribution >= 4 is 35.6 Å². The molecule has 2 nitrogen and oxygen atoms in total. The fourth-order valence-electron chi connectivity index (χ4n) is 4.03. The fraction of sp³-hybridized carbons (Fsp3) is 0.625. The van der Waals surface area contributed by atoms with E-state index in [2.05, 4.69) is 18.0 Å². The molecule has 0 bridgehead atoms. The van der Waals surface area contributed by atoms with Crippen LogP contribution in [-0.4, -0.2) is 29.2 Å². The number of hydrogen-bond acceptors (Lipinski definition) is 2. The second-order valence-electron chi connectivity index (χ2n) is 6.27. The van der Waals surface area contributed by atoms with Crippen LogP contribution in [0, 0.1) is 5.92 Å². The van der Waals surface area contributed by atoms with Gasteiger partial charge in [-0.25, -0.2) is 0 Å². The molecule has 2 aliphatic rings. The zero-order chi connectivity index (χ0) is 14.3. The van der Waals surface area contributed by atoms with Crippen LogP contribution >= 0.6 is 35.6 Å². The highest BCUT2D eigenvalue weighted by molar-refractivity contribution is 6.42. The molecule has 1 aromatic carbocycles. The summed E-state index contributed by atoms with van der Waals surface area (Å²) in [6.45, 7) is 0.903. The first-order valence-electron chi connectivity index (χ1n) is 7.39. The minimum absolute atomic E-state index is 0. The monoisotopic (exact) mass is 349 g/mol. The first-order chi connectivity index (χ1) is 9.53. The van der Waals surface area contributed by atoms with Crippen molar-refractivity contribution in [3.63, 3.8) is 0 Å². The van der Waals surface area contributed by atoms with Crippen LogP contribution in [0.2, 0.25) is 10.0 Å². The Hall–Kier alpha value is 0.01000. The lowest BCUT2D eigenvalue weighted by Gasteiger charge is -2.52. The first kappa shape index (κ1) is 17.4. The maximum Gasteiger partial charge on any atom is 0.0706 e. The van der Waals surface area contributed by atoms with E-state index < -0.39 is 5.60 Å². The van der Waals surface area contributed by atoms with E-state index in [0.717, 1.165) is 37.8 Å². The average molecular weight is 351 g/mol. The summed E-state index contributed by atoms with van der Waals surface area (Å²) >= 11 is 12.6. The Labute approximate surface area is 142 Å². The van der Waals surface area contributed by atoms with Gasteiger partial charge in [0.15, 0.2) is 0 Å². The van der Waals surface area contributed by atoms with Gasteiger partial charge in [-0.2, -0.15) is 0 Å². The van der Waals surface area contributed by atoms with Crippen molar-refractivity contribution in [3.05, 3.63) is 33.8 Å². The largest absolute Gasteiger partial charge is 0.389 e. The van der Waals surface area contributed by atoms with Crippen LogP contribution in [0.4, 0.5) is 0 Å². The van der Waals surface area contributed by atoms with Gasteiger partial charge in [0.05, 0.1) is 15.6 Å². The number of halogens is 3. The molecule has 0 radical (unpaired) electrons. The fourth-order valence-corrected chi connectivity index (χ4v) is 4.45. The molecule has 21 heavy (non-hydrogen) atoms. The molecule has 3 atom stereocenters. The highest BCUT2D eigenvalue weighted by Crippen LogP contribution is 2.50. The normalized spacial score (nSPS) is 33.1. The summed E-state index contributed by atoms with van der Waals surface area (Å²) in [5.74, 6) is 0.256. The van der Waals surface area contributed by atoms with Crippen molar-refractivity contribution in [1.29, 1.82) is 0 Å². The van der Waals surface area contributed by atoms with Crippen LogP contribution in [0.5, 0.6) is 0 Å². The molecule has 3 rings (SSSR count). The lowest BCUT2D eigenvalue weighted by atomic mass is 9.66. The number of benzene rings is 1. The van der Waals surface area contributed by atoms with Gasteiger partial charge in [-0.05, 0) is 37.9 Å². The number of likely N-dealkylation sites (tertiary alicyclic amines) is 1. The van der Waals surface area contributed by atoms with Crippen LogP contribution in [0.3, 0.4) is 0 Å². The molecule has 1 saturated carbocycles. The van der Waals surface area contributed by atoms with Gasteiger partial charge in [0.25, 0.3) is 0 Å². The highest BCUT2D eigenvalue weighted by Gasteiger charge is 2.48. The highest BCUT2D eigenvalue weighted by atomic mass is 35.5. The molecule has 1 saturated heterocycles. The SMILES string of the molecule is CN1CCC2(O)CCCCC2C1c1cccc(Cl)c1Cl.Cl. The zero-order valence-electron chi connectivity index (χ0n) is 12.2. The number of aliphatic hydroxyl groups is 1. The van der Waals surface area contributed by atoms with E-state index >= 15 is 0 Å². The van der Waals surface area contributed by atoms with Crippen molar-refractivity contribution in [3.8, 4) is 0 Å². The Morgan fingerprint density at radius 3 is 2.76 bits per heavy atom. The van der Waals surface area contributed by atoms with Crippen LogP contribution < -0.4 is 0 Å². The quantitative estimate of drug-likeness (QED) is 0.792. The number of nitrogens with zero attached hydrogens (tertiary/aromatic N) is 1. The summed E-state index contributed by atoms with van der Waals surface area (Å²) < 4.78 is 0. The van der Waals surface area contributed by atoms with E-state index in [9.17, 15) is 5.11 Å². The Kier molecular flexibility index (Phi) is 5.49. The molecule has 1 aliphatic heterocycles. The Balaban J connectivity index is 0.00000161. The van der Waals surface area contributed by atoms with Crippen LogP contribution in [0.25, 0.3) is 0 Å². The minimum Gasteiger partial charge on any atom is -0.389 e. The maximum absolute atomic E-state index is 11.0. The molecule has 3 unspecified atom stereocenters. The predicted molar refractivity (Wildman–Crippen MR) is 90.6 cm³/mol. The second-order valence-corrected chi connectivity index (χ2v) is 7.06. The number of piperidine rings is 1. The van der Waals surface area contributed by atoms with Crippen LogP contribution in [-0.2, 0) is 0 Å². The van der Waals surface area contributed by atoms with Gasteiger partial charge in [-0.1, -0.05) is 48.2 Å². The van der Waals surface area contributed by atoms with Gasteiger partial charge in [-0.3, -0.25) is 4.90 Å². The van der Waals surface area contributed by atoms with Gasteiger partial charge >= 0.3 is 0 Å². The molecule has 1 aromatic rings. The topological polar surface area (TPSA) is 23.5 Å². The second kappa shape index (κ2) is 6.64. The molecule has 118 valence electrons. The third-order valence-electron chi connectivity index (χ3n) is 5.12. The third kappa shape index (κ3) is 3.07. The molecule has 0 amide bonds. The van der Waals surface area contributed by atoms with E-state index in [1.165, 1.54) is 6.42 Å². The Morgan fingerprint density at radius 2 is 2.00 bits per heavy atom. The molecule has 1 heterocycles. The average Bonchev–Trinajstić information content (AvgIpc) is 2.43. The van der Waals surface area contributed by atoms with Gasteiger partial charge in [0, 0.05) is 18.5 Å². The number of hydrogen-bond donors (Lipinski definition) is 1. The standard InChI is InChI=1S/C16H21Cl2NO.ClH/c1-19-10-9-16(20)8-3-2-6-12(16)15(19)11-5-4-7-13(17)14(11)18;/h4-5,7,12,15,20H,2-3,6,8-10H2,1H3;1H. The Bertz CT molecular complexity index is 510. The zero-order valence-corrected chi connectivity index (χ0v) is 14.5. The Morgan fingerprint density at radius 1 is 1.24 bits per heavy atom. The number of fused-ring (bicyclic) bond motifs is 1. The maximum atomic E-state index is 11.0. The molecule has 5 heteroatoms. The van der Waals surface area contributed by atoms with Crippen molar-refractivity contribution in [2.45, 2.75) is 43.7 Å². The summed E-state index contributed by atoms with van der Waals surface area (Å²) in [6, 6.07) is 5.99. The van der Waals surface area contributed by atoms with Crippen molar-refractivity contribution < 1.29 is 5.11 Å². The van der Waals surface area contributed by atoms with Crippen molar-refractivity contribution in [2.75, 3.05) is 13.6 Å². The van der Waals surface area contributed by atoms with Gasteiger partial charge < -0.3 is 5.11 Å². The van der Waals surface area contributed by atoms with Crippen LogP contribution in [0.1, 0.15) is 43.7 Å². The van der Waals surface area contributed by atoms with Gasteiger partial charge in [0.1, 0.15) is 0 Å².